The number of rotatable bonds is 7. The van der Waals surface area contributed by atoms with Gasteiger partial charge in [-0.2, -0.15) is 4.98 Å². The lowest BCUT2D eigenvalue weighted by Gasteiger charge is -2.07. The minimum atomic E-state index is 0.631. The summed E-state index contributed by atoms with van der Waals surface area (Å²) in [5, 5.41) is 3.22. The number of unbranched alkanes of at least 4 members (excludes halogenated alkanes) is 2. The highest BCUT2D eigenvalue weighted by molar-refractivity contribution is 5.30. The molecule has 0 amide bonds. The van der Waals surface area contributed by atoms with Gasteiger partial charge >= 0.3 is 0 Å². The first-order valence-electron chi connectivity index (χ1n) is 5.98. The predicted molar refractivity (Wildman–Crippen MR) is 66.0 cm³/mol. The maximum atomic E-state index is 5.36. The number of anilines is 1. The summed E-state index contributed by atoms with van der Waals surface area (Å²) in [6.07, 6.45) is 3.61. The SMILES string of the molecule is CCCCCNc1nc(C)cc(OCC)n1. The Bertz CT molecular complexity index is 315. The molecular formula is C12H21N3O. The maximum Gasteiger partial charge on any atom is 0.226 e. The number of hydrogen-bond donors (Lipinski definition) is 1. The van der Waals surface area contributed by atoms with Gasteiger partial charge in [0, 0.05) is 18.3 Å². The van der Waals surface area contributed by atoms with E-state index in [0.717, 1.165) is 18.7 Å². The first-order chi connectivity index (χ1) is 7.76. The summed E-state index contributed by atoms with van der Waals surface area (Å²) >= 11 is 0. The van der Waals surface area contributed by atoms with Crippen molar-refractivity contribution < 1.29 is 4.74 Å². The van der Waals surface area contributed by atoms with Crippen LogP contribution in [0.1, 0.15) is 38.8 Å². The van der Waals surface area contributed by atoms with E-state index in [1.807, 2.05) is 19.9 Å². The molecule has 90 valence electrons. The quantitative estimate of drug-likeness (QED) is 0.722. The molecule has 0 saturated heterocycles. The fraction of sp³-hybridized carbons (Fsp3) is 0.667. The molecule has 4 nitrogen and oxygen atoms in total. The summed E-state index contributed by atoms with van der Waals surface area (Å²) in [5.41, 5.74) is 0.927. The molecule has 1 N–H and O–H groups in total. The first-order valence-corrected chi connectivity index (χ1v) is 5.98. The summed E-state index contributed by atoms with van der Waals surface area (Å²) in [4.78, 5) is 8.59. The molecule has 0 bridgehead atoms. The molecular weight excluding hydrogens is 202 g/mol. The van der Waals surface area contributed by atoms with Gasteiger partial charge in [0.05, 0.1) is 6.61 Å². The molecule has 1 aromatic rings. The van der Waals surface area contributed by atoms with Crippen molar-refractivity contribution in [3.05, 3.63) is 11.8 Å². The van der Waals surface area contributed by atoms with E-state index in [0.29, 0.717) is 18.4 Å². The summed E-state index contributed by atoms with van der Waals surface area (Å²) in [6, 6.07) is 1.85. The van der Waals surface area contributed by atoms with Crippen LogP contribution in [0.25, 0.3) is 0 Å². The molecule has 0 aromatic carbocycles. The molecule has 0 atom stereocenters. The van der Waals surface area contributed by atoms with Gasteiger partial charge in [0.1, 0.15) is 0 Å². The van der Waals surface area contributed by atoms with E-state index in [1.165, 1.54) is 12.8 Å². The van der Waals surface area contributed by atoms with Gasteiger partial charge in [0.2, 0.25) is 11.8 Å². The maximum absolute atomic E-state index is 5.36. The van der Waals surface area contributed by atoms with Crippen LogP contribution in [0.15, 0.2) is 6.07 Å². The molecule has 1 rings (SSSR count). The van der Waals surface area contributed by atoms with Gasteiger partial charge in [0.25, 0.3) is 0 Å². The molecule has 0 radical (unpaired) electrons. The molecule has 16 heavy (non-hydrogen) atoms. The normalized spacial score (nSPS) is 10.2. The van der Waals surface area contributed by atoms with E-state index < -0.39 is 0 Å². The molecule has 1 heterocycles. The number of ether oxygens (including phenoxy) is 1. The third-order valence-corrected chi connectivity index (χ3v) is 2.19. The van der Waals surface area contributed by atoms with Crippen LogP contribution >= 0.6 is 0 Å². The average molecular weight is 223 g/mol. The first kappa shape index (κ1) is 12.7. The highest BCUT2D eigenvalue weighted by atomic mass is 16.5. The highest BCUT2D eigenvalue weighted by Crippen LogP contribution is 2.11. The minimum absolute atomic E-state index is 0.631. The minimum Gasteiger partial charge on any atom is -0.478 e. The molecule has 0 aliphatic rings. The second-order valence-corrected chi connectivity index (χ2v) is 3.74. The third kappa shape index (κ3) is 4.47. The molecule has 4 heteroatoms. The van der Waals surface area contributed by atoms with E-state index in [4.69, 9.17) is 4.74 Å². The van der Waals surface area contributed by atoms with E-state index in [-0.39, 0.29) is 0 Å². The number of aromatic nitrogens is 2. The molecule has 0 aliphatic heterocycles. The largest absolute Gasteiger partial charge is 0.478 e. The Morgan fingerprint density at radius 1 is 1.25 bits per heavy atom. The van der Waals surface area contributed by atoms with Crippen LogP contribution in [-0.4, -0.2) is 23.1 Å². The Morgan fingerprint density at radius 3 is 2.75 bits per heavy atom. The smallest absolute Gasteiger partial charge is 0.226 e. The van der Waals surface area contributed by atoms with Gasteiger partial charge in [-0.3, -0.25) is 0 Å². The van der Waals surface area contributed by atoms with Crippen molar-refractivity contribution in [3.63, 3.8) is 0 Å². The summed E-state index contributed by atoms with van der Waals surface area (Å²) < 4.78 is 5.36. The molecule has 0 aliphatic carbocycles. The Hall–Kier alpha value is -1.32. The Labute approximate surface area is 97.5 Å². The lowest BCUT2D eigenvalue weighted by atomic mass is 10.2. The van der Waals surface area contributed by atoms with Gasteiger partial charge in [-0.05, 0) is 20.3 Å². The fourth-order valence-corrected chi connectivity index (χ4v) is 1.42. The van der Waals surface area contributed by atoms with Crippen LogP contribution in [0.2, 0.25) is 0 Å². The molecule has 0 saturated carbocycles. The Kier molecular flexibility index (Phi) is 5.61. The second-order valence-electron chi connectivity index (χ2n) is 3.74. The number of aryl methyl sites for hydroxylation is 1. The standard InChI is InChI=1S/C12H21N3O/c1-4-6-7-8-13-12-14-10(3)9-11(15-12)16-5-2/h9H,4-8H2,1-3H3,(H,13,14,15). The number of nitrogens with zero attached hydrogens (tertiary/aromatic N) is 2. The summed E-state index contributed by atoms with van der Waals surface area (Å²) in [7, 11) is 0. The van der Waals surface area contributed by atoms with Crippen LogP contribution in [-0.2, 0) is 0 Å². The lowest BCUT2D eigenvalue weighted by molar-refractivity contribution is 0.326. The monoisotopic (exact) mass is 223 g/mol. The predicted octanol–water partition coefficient (Wildman–Crippen LogP) is 2.79. The fourth-order valence-electron chi connectivity index (χ4n) is 1.42. The van der Waals surface area contributed by atoms with Crippen molar-refractivity contribution >= 4 is 5.95 Å². The molecule has 1 aromatic heterocycles. The van der Waals surface area contributed by atoms with Gasteiger partial charge in [-0.25, -0.2) is 4.98 Å². The van der Waals surface area contributed by atoms with Crippen molar-refractivity contribution in [2.75, 3.05) is 18.5 Å². The topological polar surface area (TPSA) is 47.0 Å². The van der Waals surface area contributed by atoms with Crippen LogP contribution in [0.5, 0.6) is 5.88 Å². The molecule has 0 fully saturated rings. The van der Waals surface area contributed by atoms with Crippen LogP contribution in [0, 0.1) is 6.92 Å². The van der Waals surface area contributed by atoms with Crippen molar-refractivity contribution in [2.24, 2.45) is 0 Å². The van der Waals surface area contributed by atoms with Gasteiger partial charge in [0.15, 0.2) is 0 Å². The zero-order valence-electron chi connectivity index (χ0n) is 10.4. The van der Waals surface area contributed by atoms with Gasteiger partial charge < -0.3 is 10.1 Å². The second kappa shape index (κ2) is 7.04. The molecule has 0 spiro atoms. The lowest BCUT2D eigenvalue weighted by Crippen LogP contribution is -2.07. The van der Waals surface area contributed by atoms with E-state index >= 15 is 0 Å². The molecule has 0 unspecified atom stereocenters. The van der Waals surface area contributed by atoms with E-state index in [2.05, 4.69) is 22.2 Å². The summed E-state index contributed by atoms with van der Waals surface area (Å²) in [5.74, 6) is 1.31. The van der Waals surface area contributed by atoms with Crippen molar-refractivity contribution in [1.29, 1.82) is 0 Å². The van der Waals surface area contributed by atoms with E-state index in [9.17, 15) is 0 Å². The van der Waals surface area contributed by atoms with Crippen LogP contribution in [0.3, 0.4) is 0 Å². The van der Waals surface area contributed by atoms with Crippen LogP contribution in [0.4, 0.5) is 5.95 Å². The number of hydrogen-bond acceptors (Lipinski definition) is 4. The Morgan fingerprint density at radius 2 is 2.06 bits per heavy atom. The van der Waals surface area contributed by atoms with Crippen LogP contribution < -0.4 is 10.1 Å². The third-order valence-electron chi connectivity index (χ3n) is 2.19. The zero-order valence-corrected chi connectivity index (χ0v) is 10.4. The highest BCUT2D eigenvalue weighted by Gasteiger charge is 2.01. The van der Waals surface area contributed by atoms with Crippen molar-refractivity contribution in [3.8, 4) is 5.88 Å². The average Bonchev–Trinajstić information content (AvgIpc) is 2.24. The van der Waals surface area contributed by atoms with Crippen molar-refractivity contribution in [2.45, 2.75) is 40.0 Å². The van der Waals surface area contributed by atoms with E-state index in [1.54, 1.807) is 0 Å². The van der Waals surface area contributed by atoms with Gasteiger partial charge in [-0.15, -0.1) is 0 Å². The zero-order chi connectivity index (χ0) is 11.8. The Balaban J connectivity index is 2.51. The van der Waals surface area contributed by atoms with Gasteiger partial charge in [-0.1, -0.05) is 19.8 Å². The van der Waals surface area contributed by atoms with Crippen molar-refractivity contribution in [1.82, 2.24) is 9.97 Å². The summed E-state index contributed by atoms with van der Waals surface area (Å²) in [6.45, 7) is 7.64. The number of nitrogens with one attached hydrogen (secondary N) is 1.